The van der Waals surface area contributed by atoms with Gasteiger partial charge in [-0.05, 0) is 42.8 Å². The van der Waals surface area contributed by atoms with Crippen LogP contribution in [0.3, 0.4) is 0 Å². The van der Waals surface area contributed by atoms with Crippen LogP contribution in [0.5, 0.6) is 5.75 Å². The normalized spacial score (nSPS) is 11.9. The third-order valence-electron chi connectivity index (χ3n) is 4.30. The van der Waals surface area contributed by atoms with E-state index in [2.05, 4.69) is 5.32 Å². The van der Waals surface area contributed by atoms with Crippen LogP contribution in [-0.4, -0.2) is 18.6 Å². The molecular weight excluding hydrogens is 346 g/mol. The van der Waals surface area contributed by atoms with Gasteiger partial charge in [0, 0.05) is 17.0 Å². The Kier molecular flexibility index (Phi) is 6.13. The molecule has 0 unspecified atom stereocenters. The van der Waals surface area contributed by atoms with Crippen LogP contribution in [0.15, 0.2) is 66.7 Å². The first-order chi connectivity index (χ1) is 12.6. The maximum atomic E-state index is 12.3. The number of rotatable bonds is 7. The Morgan fingerprint density at radius 2 is 1.77 bits per heavy atom. The molecule has 0 fully saturated rings. The van der Waals surface area contributed by atoms with Gasteiger partial charge in [0.05, 0.1) is 0 Å². The second-order valence-electron chi connectivity index (χ2n) is 6.22. The highest BCUT2D eigenvalue weighted by Gasteiger charge is 2.15. The quantitative estimate of drug-likeness (QED) is 0.596. The van der Waals surface area contributed by atoms with Crippen LogP contribution < -0.4 is 10.1 Å². The average Bonchev–Trinajstić information content (AvgIpc) is 2.66. The van der Waals surface area contributed by atoms with Crippen molar-refractivity contribution >= 4 is 28.3 Å². The van der Waals surface area contributed by atoms with Crippen molar-refractivity contribution in [3.05, 3.63) is 77.3 Å². The summed E-state index contributed by atoms with van der Waals surface area (Å²) in [7, 11) is 0. The number of amides is 1. The van der Waals surface area contributed by atoms with Gasteiger partial charge < -0.3 is 10.1 Å². The minimum absolute atomic E-state index is 0.114. The Morgan fingerprint density at radius 3 is 2.62 bits per heavy atom. The Morgan fingerprint density at radius 1 is 1.04 bits per heavy atom. The maximum Gasteiger partial charge on any atom is 0.260 e. The first-order valence-electron chi connectivity index (χ1n) is 8.80. The third-order valence-corrected chi connectivity index (χ3v) is 4.67. The van der Waals surface area contributed by atoms with Gasteiger partial charge in [-0.15, -0.1) is 0 Å². The lowest BCUT2D eigenvalue weighted by molar-refractivity contribution is -0.127. The van der Waals surface area contributed by atoms with E-state index in [1.54, 1.807) is 6.92 Å². The molecule has 0 spiro atoms. The molecular formula is C22H22ClNO2. The van der Waals surface area contributed by atoms with Crippen molar-refractivity contribution in [3.63, 3.8) is 0 Å². The molecule has 0 aliphatic heterocycles. The summed E-state index contributed by atoms with van der Waals surface area (Å²) in [5, 5.41) is 5.81. The van der Waals surface area contributed by atoms with E-state index in [4.69, 9.17) is 16.3 Å². The number of nitrogens with one attached hydrogen (secondary N) is 1. The summed E-state index contributed by atoms with van der Waals surface area (Å²) in [5.41, 5.74) is 1.10. The summed E-state index contributed by atoms with van der Waals surface area (Å²) < 4.78 is 5.89. The summed E-state index contributed by atoms with van der Waals surface area (Å²) in [6, 6.07) is 21.6. The summed E-state index contributed by atoms with van der Waals surface area (Å²) >= 11 is 6.15. The number of benzene rings is 3. The largest absolute Gasteiger partial charge is 0.480 e. The van der Waals surface area contributed by atoms with Crippen molar-refractivity contribution in [1.82, 2.24) is 5.32 Å². The van der Waals surface area contributed by atoms with Gasteiger partial charge in [0.2, 0.25) is 0 Å². The minimum atomic E-state index is -0.555. The zero-order chi connectivity index (χ0) is 18.4. The molecule has 0 saturated heterocycles. The maximum absolute atomic E-state index is 12.3. The van der Waals surface area contributed by atoms with Crippen molar-refractivity contribution < 1.29 is 9.53 Å². The van der Waals surface area contributed by atoms with E-state index in [0.29, 0.717) is 6.54 Å². The molecule has 1 atom stereocenters. The lowest BCUT2D eigenvalue weighted by Gasteiger charge is -2.16. The SMILES string of the molecule is C[C@@H](Oc1cccc2ccccc12)C(=O)NCCCc1ccccc1Cl. The van der Waals surface area contributed by atoms with Crippen molar-refractivity contribution in [1.29, 1.82) is 0 Å². The van der Waals surface area contributed by atoms with E-state index in [1.807, 2.05) is 66.7 Å². The standard InChI is InChI=1S/C22H22ClNO2/c1-16(26-21-14-6-10-17-8-2-4-12-19(17)21)22(25)24-15-7-11-18-9-3-5-13-20(18)23/h2-6,8-10,12-14,16H,7,11,15H2,1H3,(H,24,25)/t16-/m1/s1. The van der Waals surface area contributed by atoms with Gasteiger partial charge in [-0.1, -0.05) is 66.2 Å². The fourth-order valence-corrected chi connectivity index (χ4v) is 3.11. The molecule has 0 saturated carbocycles. The van der Waals surface area contributed by atoms with Crippen LogP contribution in [0.1, 0.15) is 18.9 Å². The molecule has 0 aliphatic carbocycles. The highest BCUT2D eigenvalue weighted by Crippen LogP contribution is 2.26. The van der Waals surface area contributed by atoms with Gasteiger partial charge in [-0.2, -0.15) is 0 Å². The predicted octanol–water partition coefficient (Wildman–Crippen LogP) is 5.01. The zero-order valence-corrected chi connectivity index (χ0v) is 15.5. The monoisotopic (exact) mass is 367 g/mol. The summed E-state index contributed by atoms with van der Waals surface area (Å²) in [4.78, 5) is 12.3. The molecule has 3 aromatic carbocycles. The number of aryl methyl sites for hydroxylation is 1. The summed E-state index contributed by atoms with van der Waals surface area (Å²) in [5.74, 6) is 0.610. The van der Waals surface area contributed by atoms with Gasteiger partial charge in [0.15, 0.2) is 6.10 Å². The van der Waals surface area contributed by atoms with Crippen molar-refractivity contribution in [2.75, 3.05) is 6.54 Å². The van der Waals surface area contributed by atoms with Crippen LogP contribution >= 0.6 is 11.6 Å². The summed E-state index contributed by atoms with van der Waals surface area (Å²) in [6.45, 7) is 2.36. The predicted molar refractivity (Wildman–Crippen MR) is 107 cm³/mol. The molecule has 4 heteroatoms. The number of ether oxygens (including phenoxy) is 1. The molecule has 0 aliphatic rings. The van der Waals surface area contributed by atoms with Crippen LogP contribution in [0.25, 0.3) is 10.8 Å². The highest BCUT2D eigenvalue weighted by molar-refractivity contribution is 6.31. The van der Waals surface area contributed by atoms with Crippen LogP contribution in [-0.2, 0) is 11.2 Å². The molecule has 0 radical (unpaired) electrons. The topological polar surface area (TPSA) is 38.3 Å². The minimum Gasteiger partial charge on any atom is -0.480 e. The molecule has 0 bridgehead atoms. The fourth-order valence-electron chi connectivity index (χ4n) is 2.88. The molecule has 3 nitrogen and oxygen atoms in total. The first kappa shape index (κ1) is 18.3. The Balaban J connectivity index is 1.51. The van der Waals surface area contributed by atoms with E-state index >= 15 is 0 Å². The Bertz CT molecular complexity index is 889. The third kappa shape index (κ3) is 4.55. The average molecular weight is 368 g/mol. The van der Waals surface area contributed by atoms with E-state index < -0.39 is 6.10 Å². The Hall–Kier alpha value is -2.52. The molecule has 0 heterocycles. The summed E-state index contributed by atoms with van der Waals surface area (Å²) in [6.07, 6.45) is 1.11. The lowest BCUT2D eigenvalue weighted by atomic mass is 10.1. The van der Waals surface area contributed by atoms with E-state index in [0.717, 1.165) is 39.9 Å². The first-order valence-corrected chi connectivity index (χ1v) is 9.18. The van der Waals surface area contributed by atoms with Gasteiger partial charge in [0.25, 0.3) is 5.91 Å². The molecule has 3 aromatic rings. The number of hydrogen-bond donors (Lipinski definition) is 1. The van der Waals surface area contributed by atoms with Gasteiger partial charge in [0.1, 0.15) is 5.75 Å². The molecule has 0 aromatic heterocycles. The number of hydrogen-bond acceptors (Lipinski definition) is 2. The van der Waals surface area contributed by atoms with E-state index in [-0.39, 0.29) is 5.91 Å². The van der Waals surface area contributed by atoms with Crippen molar-refractivity contribution in [2.45, 2.75) is 25.9 Å². The van der Waals surface area contributed by atoms with Gasteiger partial charge in [-0.3, -0.25) is 4.79 Å². The number of fused-ring (bicyclic) bond motifs is 1. The molecule has 134 valence electrons. The number of carbonyl (C=O) groups is 1. The van der Waals surface area contributed by atoms with Crippen molar-refractivity contribution in [3.8, 4) is 5.75 Å². The van der Waals surface area contributed by atoms with Gasteiger partial charge >= 0.3 is 0 Å². The molecule has 1 amide bonds. The molecule has 26 heavy (non-hydrogen) atoms. The van der Waals surface area contributed by atoms with Crippen LogP contribution in [0.4, 0.5) is 0 Å². The smallest absolute Gasteiger partial charge is 0.260 e. The second kappa shape index (κ2) is 8.72. The second-order valence-corrected chi connectivity index (χ2v) is 6.63. The Labute approximate surface area is 158 Å². The van der Waals surface area contributed by atoms with Crippen LogP contribution in [0.2, 0.25) is 5.02 Å². The molecule has 3 rings (SSSR count). The van der Waals surface area contributed by atoms with Crippen LogP contribution in [0, 0.1) is 0 Å². The van der Waals surface area contributed by atoms with E-state index in [1.165, 1.54) is 0 Å². The lowest BCUT2D eigenvalue weighted by Crippen LogP contribution is -2.37. The highest BCUT2D eigenvalue weighted by atomic mass is 35.5. The molecule has 1 N–H and O–H groups in total. The van der Waals surface area contributed by atoms with Gasteiger partial charge in [-0.25, -0.2) is 0 Å². The number of carbonyl (C=O) groups excluding carboxylic acids is 1. The fraction of sp³-hybridized carbons (Fsp3) is 0.227. The van der Waals surface area contributed by atoms with E-state index in [9.17, 15) is 4.79 Å². The zero-order valence-electron chi connectivity index (χ0n) is 14.7. The van der Waals surface area contributed by atoms with Crippen molar-refractivity contribution in [2.24, 2.45) is 0 Å². The number of halogens is 1.